The Morgan fingerprint density at radius 2 is 2.23 bits per heavy atom. The maximum Gasteiger partial charge on any atom is 0.310 e. The van der Waals surface area contributed by atoms with Crippen LogP contribution < -0.4 is 4.74 Å². The summed E-state index contributed by atoms with van der Waals surface area (Å²) in [5.74, 6) is -0.888. The van der Waals surface area contributed by atoms with Gasteiger partial charge < -0.3 is 4.74 Å². The molecule has 3 heteroatoms. The third-order valence-corrected chi connectivity index (χ3v) is 1.67. The second kappa shape index (κ2) is 4.03. The molecule has 1 aromatic rings. The number of esters is 1. The van der Waals surface area contributed by atoms with E-state index in [2.05, 4.69) is 0 Å². The zero-order valence-corrected chi connectivity index (χ0v) is 7.63. The summed E-state index contributed by atoms with van der Waals surface area (Å²) in [4.78, 5) is 10.9. The summed E-state index contributed by atoms with van der Waals surface area (Å²) in [7, 11) is 0. The average molecular weight is 182 g/mol. The zero-order valence-electron chi connectivity index (χ0n) is 7.63. The van der Waals surface area contributed by atoms with E-state index in [0.29, 0.717) is 5.56 Å². The highest BCUT2D eigenvalue weighted by Gasteiger charge is 2.08. The van der Waals surface area contributed by atoms with Crippen LogP contribution in [0.4, 0.5) is 4.39 Å². The number of carbonyl (C=O) groups excluding carboxylic acids is 1. The van der Waals surface area contributed by atoms with Crippen LogP contribution in [0.3, 0.4) is 0 Å². The third kappa shape index (κ3) is 2.28. The number of benzene rings is 1. The van der Waals surface area contributed by atoms with Crippen molar-refractivity contribution in [3.8, 4) is 5.75 Å². The Bertz CT molecular complexity index is 321. The number of carbonyl (C=O) groups is 1. The SMILES string of the molecule is CCC(=O)Oc1cccc(C)c1F. The minimum atomic E-state index is -0.468. The molecule has 0 fully saturated rings. The van der Waals surface area contributed by atoms with Crippen LogP contribution in [-0.4, -0.2) is 5.97 Å². The topological polar surface area (TPSA) is 26.3 Å². The summed E-state index contributed by atoms with van der Waals surface area (Å²) in [6.07, 6.45) is 0.243. The third-order valence-electron chi connectivity index (χ3n) is 1.67. The number of hydrogen-bond acceptors (Lipinski definition) is 2. The minimum absolute atomic E-state index is 0.00634. The number of hydrogen-bond donors (Lipinski definition) is 0. The van der Waals surface area contributed by atoms with E-state index in [4.69, 9.17) is 4.74 Å². The Hall–Kier alpha value is -1.38. The van der Waals surface area contributed by atoms with Crippen LogP contribution in [0.15, 0.2) is 18.2 Å². The van der Waals surface area contributed by atoms with Crippen LogP contribution in [0.2, 0.25) is 0 Å². The lowest BCUT2D eigenvalue weighted by Crippen LogP contribution is -2.07. The van der Waals surface area contributed by atoms with E-state index in [1.807, 2.05) is 0 Å². The maximum atomic E-state index is 13.2. The van der Waals surface area contributed by atoms with Crippen molar-refractivity contribution in [2.24, 2.45) is 0 Å². The van der Waals surface area contributed by atoms with Gasteiger partial charge in [0.1, 0.15) is 0 Å². The van der Waals surface area contributed by atoms with Crippen molar-refractivity contribution < 1.29 is 13.9 Å². The summed E-state index contributed by atoms with van der Waals surface area (Å²) < 4.78 is 18.0. The Balaban J connectivity index is 2.89. The van der Waals surface area contributed by atoms with Crippen molar-refractivity contribution in [2.75, 3.05) is 0 Å². The Morgan fingerprint density at radius 3 is 2.85 bits per heavy atom. The van der Waals surface area contributed by atoms with Gasteiger partial charge in [-0.2, -0.15) is 0 Å². The molecule has 1 rings (SSSR count). The van der Waals surface area contributed by atoms with Crippen molar-refractivity contribution in [2.45, 2.75) is 20.3 Å². The molecule has 0 saturated carbocycles. The van der Waals surface area contributed by atoms with E-state index in [1.165, 1.54) is 6.07 Å². The maximum absolute atomic E-state index is 13.2. The fraction of sp³-hybridized carbons (Fsp3) is 0.300. The molecule has 0 heterocycles. The molecule has 0 unspecified atom stereocenters. The highest BCUT2D eigenvalue weighted by Crippen LogP contribution is 2.19. The summed E-state index contributed by atoms with van der Waals surface area (Å²) in [6, 6.07) is 4.71. The van der Waals surface area contributed by atoms with E-state index in [0.717, 1.165) is 0 Å². The standard InChI is InChI=1S/C10H11FO2/c1-3-9(12)13-8-6-4-5-7(2)10(8)11/h4-6H,3H2,1-2H3. The predicted molar refractivity (Wildman–Crippen MR) is 47.1 cm³/mol. The number of rotatable bonds is 2. The van der Waals surface area contributed by atoms with Crippen molar-refractivity contribution in [3.05, 3.63) is 29.6 Å². The van der Waals surface area contributed by atoms with Crippen molar-refractivity contribution in [1.82, 2.24) is 0 Å². The molecule has 0 aliphatic heterocycles. The highest BCUT2D eigenvalue weighted by molar-refractivity contribution is 5.72. The van der Waals surface area contributed by atoms with E-state index in [-0.39, 0.29) is 12.2 Å². The Labute approximate surface area is 76.3 Å². The van der Waals surface area contributed by atoms with Gasteiger partial charge in [-0.1, -0.05) is 19.1 Å². The van der Waals surface area contributed by atoms with Crippen LogP contribution in [0, 0.1) is 12.7 Å². The monoisotopic (exact) mass is 182 g/mol. The van der Waals surface area contributed by atoms with Crippen LogP contribution >= 0.6 is 0 Å². The first kappa shape index (κ1) is 9.71. The fourth-order valence-electron chi connectivity index (χ4n) is 0.894. The van der Waals surface area contributed by atoms with E-state index in [9.17, 15) is 9.18 Å². The lowest BCUT2D eigenvalue weighted by Gasteiger charge is -2.04. The summed E-state index contributed by atoms with van der Waals surface area (Å²) >= 11 is 0. The lowest BCUT2D eigenvalue weighted by atomic mass is 10.2. The molecular weight excluding hydrogens is 171 g/mol. The largest absolute Gasteiger partial charge is 0.423 e. The smallest absolute Gasteiger partial charge is 0.310 e. The van der Waals surface area contributed by atoms with Crippen molar-refractivity contribution >= 4 is 5.97 Å². The minimum Gasteiger partial charge on any atom is -0.423 e. The molecule has 0 aromatic heterocycles. The second-order valence-electron chi connectivity index (χ2n) is 2.71. The molecule has 0 bridgehead atoms. The summed E-state index contributed by atoms with van der Waals surface area (Å²) in [5.41, 5.74) is 0.474. The summed E-state index contributed by atoms with van der Waals surface area (Å²) in [5, 5.41) is 0. The Morgan fingerprint density at radius 1 is 1.54 bits per heavy atom. The number of aryl methyl sites for hydroxylation is 1. The molecule has 0 atom stereocenters. The van der Waals surface area contributed by atoms with Crippen molar-refractivity contribution in [1.29, 1.82) is 0 Å². The van der Waals surface area contributed by atoms with Gasteiger partial charge in [-0.3, -0.25) is 4.79 Å². The Kier molecular flexibility index (Phi) is 3.01. The molecule has 0 saturated heterocycles. The van der Waals surface area contributed by atoms with Crippen LogP contribution in [0.25, 0.3) is 0 Å². The first-order valence-corrected chi connectivity index (χ1v) is 4.11. The molecule has 0 spiro atoms. The lowest BCUT2D eigenvalue weighted by molar-refractivity contribution is -0.134. The van der Waals surface area contributed by atoms with Gasteiger partial charge in [0, 0.05) is 6.42 Å². The normalized spacial score (nSPS) is 9.77. The fourth-order valence-corrected chi connectivity index (χ4v) is 0.894. The zero-order chi connectivity index (χ0) is 9.84. The number of halogens is 1. The molecule has 2 nitrogen and oxygen atoms in total. The summed E-state index contributed by atoms with van der Waals surface area (Å²) in [6.45, 7) is 3.29. The molecule has 0 aliphatic rings. The van der Waals surface area contributed by atoms with Gasteiger partial charge in [0.2, 0.25) is 0 Å². The van der Waals surface area contributed by atoms with Gasteiger partial charge in [0.15, 0.2) is 11.6 Å². The van der Waals surface area contributed by atoms with Gasteiger partial charge in [-0.15, -0.1) is 0 Å². The van der Waals surface area contributed by atoms with Gasteiger partial charge in [0.25, 0.3) is 0 Å². The molecule has 70 valence electrons. The molecule has 13 heavy (non-hydrogen) atoms. The molecule has 0 amide bonds. The van der Waals surface area contributed by atoms with Gasteiger partial charge in [-0.05, 0) is 18.6 Å². The molecule has 0 aliphatic carbocycles. The van der Waals surface area contributed by atoms with Crippen LogP contribution in [-0.2, 0) is 4.79 Å². The van der Waals surface area contributed by atoms with Crippen LogP contribution in [0.5, 0.6) is 5.75 Å². The molecule has 0 radical (unpaired) electrons. The van der Waals surface area contributed by atoms with Crippen LogP contribution in [0.1, 0.15) is 18.9 Å². The van der Waals surface area contributed by atoms with Gasteiger partial charge in [0.05, 0.1) is 0 Å². The van der Waals surface area contributed by atoms with Gasteiger partial charge in [-0.25, -0.2) is 4.39 Å². The van der Waals surface area contributed by atoms with E-state index >= 15 is 0 Å². The predicted octanol–water partition coefficient (Wildman–Crippen LogP) is 2.45. The van der Waals surface area contributed by atoms with E-state index < -0.39 is 11.8 Å². The average Bonchev–Trinajstić information content (AvgIpc) is 2.13. The molecular formula is C10H11FO2. The molecule has 0 N–H and O–H groups in total. The van der Waals surface area contributed by atoms with E-state index in [1.54, 1.807) is 26.0 Å². The van der Waals surface area contributed by atoms with Crippen molar-refractivity contribution in [3.63, 3.8) is 0 Å². The first-order chi connectivity index (χ1) is 6.15. The second-order valence-corrected chi connectivity index (χ2v) is 2.71. The molecule has 1 aromatic carbocycles. The number of ether oxygens (including phenoxy) is 1. The van der Waals surface area contributed by atoms with Gasteiger partial charge >= 0.3 is 5.97 Å². The quantitative estimate of drug-likeness (QED) is 0.518. The first-order valence-electron chi connectivity index (χ1n) is 4.11. The highest BCUT2D eigenvalue weighted by atomic mass is 19.1.